The standard InChI is InChI=1S/C22H36F6O6/c1-9-18(6,16(30)34-14(3)11-20(8,32)22(26,27)28)12-17(4,5)15(29)33-13(2)10-19(7,31)21(23,24)25/h13-14,31-32H,9-12H2,1-8H3. The maximum Gasteiger partial charge on any atom is 0.417 e. The second-order valence-electron chi connectivity index (χ2n) is 10.4. The fourth-order valence-electron chi connectivity index (χ4n) is 3.49. The maximum atomic E-state index is 12.9. The second-order valence-corrected chi connectivity index (χ2v) is 10.4. The van der Waals surface area contributed by atoms with Crippen LogP contribution in [-0.4, -0.2) is 57.9 Å². The van der Waals surface area contributed by atoms with Crippen LogP contribution in [0.2, 0.25) is 0 Å². The van der Waals surface area contributed by atoms with Gasteiger partial charge in [-0.3, -0.25) is 9.59 Å². The summed E-state index contributed by atoms with van der Waals surface area (Å²) < 4.78 is 87.5. The fraction of sp³-hybridized carbons (Fsp3) is 0.909. The number of alkyl halides is 6. The van der Waals surface area contributed by atoms with Gasteiger partial charge >= 0.3 is 24.3 Å². The molecule has 0 amide bonds. The first-order valence-electron chi connectivity index (χ1n) is 10.8. The van der Waals surface area contributed by atoms with Crippen molar-refractivity contribution in [2.75, 3.05) is 0 Å². The second kappa shape index (κ2) is 10.6. The Morgan fingerprint density at radius 1 is 0.735 bits per heavy atom. The normalized spacial score (nSPS) is 20.4. The Kier molecular flexibility index (Phi) is 10.1. The average molecular weight is 511 g/mol. The number of esters is 2. The molecule has 0 heterocycles. The van der Waals surface area contributed by atoms with Crippen molar-refractivity contribution in [2.24, 2.45) is 10.8 Å². The van der Waals surface area contributed by atoms with Gasteiger partial charge in [0.1, 0.15) is 12.2 Å². The van der Waals surface area contributed by atoms with Gasteiger partial charge in [0.05, 0.1) is 10.8 Å². The lowest BCUT2D eigenvalue weighted by Crippen LogP contribution is -2.46. The minimum absolute atomic E-state index is 0.128. The molecule has 6 nitrogen and oxygen atoms in total. The van der Waals surface area contributed by atoms with Gasteiger partial charge in [-0.2, -0.15) is 26.3 Å². The van der Waals surface area contributed by atoms with Crippen LogP contribution in [0.3, 0.4) is 0 Å². The van der Waals surface area contributed by atoms with Gasteiger partial charge in [-0.15, -0.1) is 0 Å². The zero-order valence-corrected chi connectivity index (χ0v) is 20.8. The Morgan fingerprint density at radius 2 is 1.06 bits per heavy atom. The molecular weight excluding hydrogens is 474 g/mol. The van der Waals surface area contributed by atoms with Crippen molar-refractivity contribution in [1.29, 1.82) is 0 Å². The first-order valence-corrected chi connectivity index (χ1v) is 10.8. The van der Waals surface area contributed by atoms with Crippen molar-refractivity contribution < 1.29 is 55.6 Å². The Bertz CT molecular complexity index is 714. The lowest BCUT2D eigenvalue weighted by atomic mass is 9.72. The molecule has 0 spiro atoms. The van der Waals surface area contributed by atoms with E-state index in [1.807, 2.05) is 0 Å². The van der Waals surface area contributed by atoms with Gasteiger partial charge in [0.25, 0.3) is 0 Å². The molecule has 0 aliphatic rings. The van der Waals surface area contributed by atoms with Crippen LogP contribution in [0.5, 0.6) is 0 Å². The van der Waals surface area contributed by atoms with Gasteiger partial charge in [-0.1, -0.05) is 6.92 Å². The molecule has 2 N–H and O–H groups in total. The van der Waals surface area contributed by atoms with Crippen molar-refractivity contribution in [3.05, 3.63) is 0 Å². The highest BCUT2D eigenvalue weighted by Crippen LogP contribution is 2.41. The van der Waals surface area contributed by atoms with Crippen LogP contribution >= 0.6 is 0 Å². The topological polar surface area (TPSA) is 93.1 Å². The molecule has 202 valence electrons. The Morgan fingerprint density at radius 3 is 1.35 bits per heavy atom. The highest BCUT2D eigenvalue weighted by Gasteiger charge is 2.52. The SMILES string of the molecule is CCC(C)(CC(C)(C)C(=O)OC(C)CC(C)(O)C(F)(F)F)C(=O)OC(C)CC(C)(O)C(F)(F)F. The third kappa shape index (κ3) is 8.58. The molecule has 0 radical (unpaired) electrons. The summed E-state index contributed by atoms with van der Waals surface area (Å²) in [5.74, 6) is -1.81. The zero-order valence-electron chi connectivity index (χ0n) is 20.8. The first kappa shape index (κ1) is 32.4. The molecule has 12 heteroatoms. The molecule has 0 aromatic heterocycles. The minimum Gasteiger partial charge on any atom is -0.462 e. The van der Waals surface area contributed by atoms with Crippen LogP contribution in [0.25, 0.3) is 0 Å². The van der Waals surface area contributed by atoms with E-state index in [0.717, 1.165) is 0 Å². The summed E-state index contributed by atoms with van der Waals surface area (Å²) in [6.07, 6.45) is -14.3. The lowest BCUT2D eigenvalue weighted by Gasteiger charge is -2.36. The number of hydrogen-bond donors (Lipinski definition) is 2. The smallest absolute Gasteiger partial charge is 0.417 e. The molecule has 0 rings (SSSR count). The molecule has 5 atom stereocenters. The summed E-state index contributed by atoms with van der Waals surface area (Å²) in [7, 11) is 0. The van der Waals surface area contributed by atoms with Gasteiger partial charge in [-0.05, 0) is 61.3 Å². The van der Waals surface area contributed by atoms with E-state index in [2.05, 4.69) is 0 Å². The molecule has 0 saturated carbocycles. The predicted molar refractivity (Wildman–Crippen MR) is 110 cm³/mol. The van der Waals surface area contributed by atoms with Gasteiger partial charge < -0.3 is 19.7 Å². The monoisotopic (exact) mass is 510 g/mol. The molecular formula is C22H36F6O6. The van der Waals surface area contributed by atoms with Gasteiger partial charge in [-0.25, -0.2) is 0 Å². The summed E-state index contributed by atoms with van der Waals surface area (Å²) in [6.45, 7) is 9.36. The largest absolute Gasteiger partial charge is 0.462 e. The van der Waals surface area contributed by atoms with Crippen molar-refractivity contribution in [3.8, 4) is 0 Å². The van der Waals surface area contributed by atoms with E-state index in [-0.39, 0.29) is 12.8 Å². The highest BCUT2D eigenvalue weighted by molar-refractivity contribution is 5.80. The Hall–Kier alpha value is -1.56. The van der Waals surface area contributed by atoms with Crippen LogP contribution in [0.1, 0.15) is 81.1 Å². The Labute approximate surface area is 196 Å². The molecule has 0 aliphatic heterocycles. The van der Waals surface area contributed by atoms with E-state index < -0.39 is 71.4 Å². The van der Waals surface area contributed by atoms with Crippen LogP contribution < -0.4 is 0 Å². The van der Waals surface area contributed by atoms with Crippen LogP contribution in [0.15, 0.2) is 0 Å². The number of hydrogen-bond acceptors (Lipinski definition) is 6. The summed E-state index contributed by atoms with van der Waals surface area (Å²) in [5.41, 5.74) is -8.89. The van der Waals surface area contributed by atoms with Crippen LogP contribution in [-0.2, 0) is 19.1 Å². The molecule has 5 unspecified atom stereocenters. The van der Waals surface area contributed by atoms with E-state index >= 15 is 0 Å². The molecule has 0 aromatic carbocycles. The van der Waals surface area contributed by atoms with Crippen molar-refractivity contribution in [2.45, 2.75) is 117 Å². The van der Waals surface area contributed by atoms with E-state index in [1.165, 1.54) is 34.6 Å². The van der Waals surface area contributed by atoms with Gasteiger partial charge in [0.2, 0.25) is 0 Å². The van der Waals surface area contributed by atoms with Crippen LogP contribution in [0, 0.1) is 10.8 Å². The number of aliphatic hydroxyl groups is 2. The fourth-order valence-corrected chi connectivity index (χ4v) is 3.49. The van der Waals surface area contributed by atoms with E-state index in [4.69, 9.17) is 9.47 Å². The molecule has 0 aromatic rings. The van der Waals surface area contributed by atoms with Crippen LogP contribution in [0.4, 0.5) is 26.3 Å². The highest BCUT2D eigenvalue weighted by atomic mass is 19.4. The van der Waals surface area contributed by atoms with Gasteiger partial charge in [0.15, 0.2) is 11.2 Å². The minimum atomic E-state index is -4.93. The molecule has 0 bridgehead atoms. The molecule has 0 aliphatic carbocycles. The number of rotatable bonds is 11. The third-order valence-electron chi connectivity index (χ3n) is 5.87. The average Bonchev–Trinajstić information content (AvgIpc) is 2.57. The summed E-state index contributed by atoms with van der Waals surface area (Å²) in [5, 5.41) is 19.2. The zero-order chi connectivity index (χ0) is 27.6. The number of carbonyl (C=O) groups is 2. The van der Waals surface area contributed by atoms with E-state index in [1.54, 1.807) is 6.92 Å². The summed E-state index contributed by atoms with van der Waals surface area (Å²) in [4.78, 5) is 25.4. The van der Waals surface area contributed by atoms with E-state index in [0.29, 0.717) is 13.8 Å². The number of ether oxygens (including phenoxy) is 2. The number of carbonyl (C=O) groups excluding carboxylic acids is 2. The summed E-state index contributed by atoms with van der Waals surface area (Å²) >= 11 is 0. The quantitative estimate of drug-likeness (QED) is 0.297. The number of halogens is 6. The third-order valence-corrected chi connectivity index (χ3v) is 5.87. The van der Waals surface area contributed by atoms with Gasteiger partial charge in [0, 0.05) is 12.8 Å². The van der Waals surface area contributed by atoms with Crippen molar-refractivity contribution in [3.63, 3.8) is 0 Å². The molecule has 0 saturated heterocycles. The van der Waals surface area contributed by atoms with E-state index in [9.17, 15) is 46.1 Å². The molecule has 0 fully saturated rings. The Balaban J connectivity index is 5.33. The first-order chi connectivity index (χ1) is 14.8. The summed E-state index contributed by atoms with van der Waals surface area (Å²) in [6, 6.07) is 0. The van der Waals surface area contributed by atoms with Crippen molar-refractivity contribution >= 4 is 11.9 Å². The predicted octanol–water partition coefficient (Wildman–Crippen LogP) is 5.09. The lowest BCUT2D eigenvalue weighted by molar-refractivity contribution is -0.261. The van der Waals surface area contributed by atoms with Crippen molar-refractivity contribution in [1.82, 2.24) is 0 Å². The molecule has 34 heavy (non-hydrogen) atoms. The maximum absolute atomic E-state index is 12.9.